The standard InChI is InChI=1S/C15H18BrN3/c16-12-2-1-3-13(7-12)19-14(17)18-9-15(19)8-10-4-5-11(15)6-10/h1-3,7,10-11H,4-6,8-9H2,(H2,17,18). The smallest absolute Gasteiger partial charge is 0.196 e. The molecule has 0 amide bonds. The lowest BCUT2D eigenvalue weighted by atomic mass is 9.80. The zero-order valence-corrected chi connectivity index (χ0v) is 12.4. The molecule has 1 aromatic carbocycles. The minimum absolute atomic E-state index is 0.174. The van der Waals surface area contributed by atoms with Gasteiger partial charge in [0.15, 0.2) is 5.96 Å². The van der Waals surface area contributed by atoms with Gasteiger partial charge in [0.25, 0.3) is 0 Å². The topological polar surface area (TPSA) is 41.6 Å². The Labute approximate surface area is 122 Å². The number of aliphatic imine (C=N–C) groups is 1. The molecule has 0 aromatic heterocycles. The molecule has 3 atom stereocenters. The molecule has 1 aromatic rings. The van der Waals surface area contributed by atoms with Gasteiger partial charge >= 0.3 is 0 Å². The van der Waals surface area contributed by atoms with E-state index in [0.717, 1.165) is 22.9 Å². The molecule has 3 nitrogen and oxygen atoms in total. The highest BCUT2D eigenvalue weighted by Crippen LogP contribution is 2.55. The number of nitrogens with two attached hydrogens (primary N) is 1. The summed E-state index contributed by atoms with van der Waals surface area (Å²) in [6.07, 6.45) is 5.37. The Hall–Kier alpha value is -1.03. The summed E-state index contributed by atoms with van der Waals surface area (Å²) < 4.78 is 1.10. The third-order valence-corrected chi connectivity index (χ3v) is 5.69. The largest absolute Gasteiger partial charge is 0.369 e. The summed E-state index contributed by atoms with van der Waals surface area (Å²) in [6, 6.07) is 8.43. The highest BCUT2D eigenvalue weighted by molar-refractivity contribution is 9.10. The normalized spacial score (nSPS) is 36.3. The molecular weight excluding hydrogens is 302 g/mol. The average Bonchev–Trinajstić information content (AvgIpc) is 3.05. The number of anilines is 1. The van der Waals surface area contributed by atoms with Crippen molar-refractivity contribution in [3.63, 3.8) is 0 Å². The summed E-state index contributed by atoms with van der Waals surface area (Å²) in [5.41, 5.74) is 7.56. The maximum absolute atomic E-state index is 6.21. The fourth-order valence-electron chi connectivity index (χ4n) is 4.47. The number of nitrogens with zero attached hydrogens (tertiary/aromatic N) is 2. The third-order valence-electron chi connectivity index (χ3n) is 5.20. The summed E-state index contributed by atoms with van der Waals surface area (Å²) in [5, 5.41) is 0. The first-order chi connectivity index (χ1) is 9.19. The number of rotatable bonds is 1. The van der Waals surface area contributed by atoms with Crippen LogP contribution in [0.3, 0.4) is 0 Å². The lowest BCUT2D eigenvalue weighted by Crippen LogP contribution is -2.55. The van der Waals surface area contributed by atoms with Gasteiger partial charge in [-0.1, -0.05) is 22.0 Å². The van der Waals surface area contributed by atoms with E-state index in [-0.39, 0.29) is 5.54 Å². The highest BCUT2D eigenvalue weighted by atomic mass is 79.9. The van der Waals surface area contributed by atoms with Crippen LogP contribution in [0.5, 0.6) is 0 Å². The van der Waals surface area contributed by atoms with Crippen molar-refractivity contribution in [2.24, 2.45) is 22.6 Å². The minimum Gasteiger partial charge on any atom is -0.369 e. The minimum atomic E-state index is 0.174. The van der Waals surface area contributed by atoms with Gasteiger partial charge in [-0.2, -0.15) is 0 Å². The first kappa shape index (κ1) is 11.8. The highest BCUT2D eigenvalue weighted by Gasteiger charge is 2.57. The number of halogens is 1. The number of benzene rings is 1. The van der Waals surface area contributed by atoms with Crippen molar-refractivity contribution >= 4 is 27.6 Å². The molecular formula is C15H18BrN3. The van der Waals surface area contributed by atoms with Gasteiger partial charge in [0.1, 0.15) is 0 Å². The predicted octanol–water partition coefficient (Wildman–Crippen LogP) is 3.14. The summed E-state index contributed by atoms with van der Waals surface area (Å²) >= 11 is 3.56. The first-order valence-corrected chi connectivity index (χ1v) is 7.84. The molecule has 2 N–H and O–H groups in total. The maximum atomic E-state index is 6.21. The van der Waals surface area contributed by atoms with Crippen molar-refractivity contribution in [2.45, 2.75) is 31.2 Å². The second kappa shape index (κ2) is 3.98. The van der Waals surface area contributed by atoms with Crippen LogP contribution in [0.2, 0.25) is 0 Å². The second-order valence-corrected chi connectivity index (χ2v) is 7.09. The van der Waals surface area contributed by atoms with E-state index in [4.69, 9.17) is 5.73 Å². The Kier molecular flexibility index (Phi) is 2.47. The quantitative estimate of drug-likeness (QED) is 0.864. The fraction of sp³-hybridized carbons (Fsp3) is 0.533. The van der Waals surface area contributed by atoms with E-state index >= 15 is 0 Å². The van der Waals surface area contributed by atoms with Crippen LogP contribution in [0.4, 0.5) is 5.69 Å². The van der Waals surface area contributed by atoms with Crippen molar-refractivity contribution in [3.8, 4) is 0 Å². The van der Waals surface area contributed by atoms with Gasteiger partial charge in [-0.15, -0.1) is 0 Å². The van der Waals surface area contributed by atoms with Crippen molar-refractivity contribution in [3.05, 3.63) is 28.7 Å². The Balaban J connectivity index is 1.78. The Morgan fingerprint density at radius 1 is 1.37 bits per heavy atom. The monoisotopic (exact) mass is 319 g/mol. The van der Waals surface area contributed by atoms with Gasteiger partial charge in [0.2, 0.25) is 0 Å². The molecule has 3 aliphatic rings. The zero-order chi connectivity index (χ0) is 13.0. The molecule has 2 aliphatic carbocycles. The Morgan fingerprint density at radius 2 is 2.26 bits per heavy atom. The molecule has 2 saturated carbocycles. The molecule has 19 heavy (non-hydrogen) atoms. The first-order valence-electron chi connectivity index (χ1n) is 7.05. The van der Waals surface area contributed by atoms with Crippen molar-refractivity contribution in [1.29, 1.82) is 0 Å². The number of fused-ring (bicyclic) bond motifs is 3. The molecule has 1 spiro atoms. The Morgan fingerprint density at radius 3 is 2.95 bits per heavy atom. The van der Waals surface area contributed by atoms with E-state index in [1.807, 2.05) is 0 Å². The average molecular weight is 320 g/mol. The summed E-state index contributed by atoms with van der Waals surface area (Å²) in [6.45, 7) is 0.881. The molecule has 2 bridgehead atoms. The molecule has 0 saturated heterocycles. The van der Waals surface area contributed by atoms with Crippen molar-refractivity contribution in [1.82, 2.24) is 0 Å². The molecule has 100 valence electrons. The van der Waals surface area contributed by atoms with E-state index < -0.39 is 0 Å². The number of hydrogen-bond acceptors (Lipinski definition) is 3. The van der Waals surface area contributed by atoms with Gasteiger partial charge in [-0.25, -0.2) is 0 Å². The predicted molar refractivity (Wildman–Crippen MR) is 81.3 cm³/mol. The number of guanidine groups is 1. The maximum Gasteiger partial charge on any atom is 0.196 e. The summed E-state index contributed by atoms with van der Waals surface area (Å²) in [7, 11) is 0. The fourth-order valence-corrected chi connectivity index (χ4v) is 4.86. The van der Waals surface area contributed by atoms with Crippen LogP contribution in [0, 0.1) is 11.8 Å². The van der Waals surface area contributed by atoms with E-state index in [1.165, 1.54) is 31.4 Å². The van der Waals surface area contributed by atoms with E-state index in [2.05, 4.69) is 50.1 Å². The summed E-state index contributed by atoms with van der Waals surface area (Å²) in [4.78, 5) is 6.90. The molecule has 4 heteroatoms. The second-order valence-electron chi connectivity index (χ2n) is 6.17. The lowest BCUT2D eigenvalue weighted by molar-refractivity contribution is 0.293. The van der Waals surface area contributed by atoms with E-state index in [1.54, 1.807) is 0 Å². The van der Waals surface area contributed by atoms with Gasteiger partial charge in [0, 0.05) is 10.2 Å². The molecule has 1 aliphatic heterocycles. The van der Waals surface area contributed by atoms with E-state index in [0.29, 0.717) is 5.96 Å². The molecule has 1 heterocycles. The van der Waals surface area contributed by atoms with Crippen molar-refractivity contribution < 1.29 is 0 Å². The van der Waals surface area contributed by atoms with Gasteiger partial charge < -0.3 is 10.6 Å². The van der Waals surface area contributed by atoms with Crippen LogP contribution in [-0.4, -0.2) is 18.0 Å². The van der Waals surface area contributed by atoms with Crippen LogP contribution in [-0.2, 0) is 0 Å². The third kappa shape index (κ3) is 1.59. The van der Waals surface area contributed by atoms with Crippen LogP contribution in [0.1, 0.15) is 25.7 Å². The Bertz CT molecular complexity index is 556. The van der Waals surface area contributed by atoms with Crippen LogP contribution >= 0.6 is 15.9 Å². The van der Waals surface area contributed by atoms with Crippen LogP contribution < -0.4 is 10.6 Å². The van der Waals surface area contributed by atoms with Gasteiger partial charge in [-0.3, -0.25) is 4.99 Å². The molecule has 3 unspecified atom stereocenters. The van der Waals surface area contributed by atoms with Crippen LogP contribution in [0.25, 0.3) is 0 Å². The van der Waals surface area contributed by atoms with Gasteiger partial charge in [0.05, 0.1) is 12.1 Å². The SMILES string of the molecule is NC1=NCC2(CC3CCC2C3)N1c1cccc(Br)c1. The van der Waals surface area contributed by atoms with Crippen molar-refractivity contribution in [2.75, 3.05) is 11.4 Å². The number of hydrogen-bond donors (Lipinski definition) is 1. The summed E-state index contributed by atoms with van der Waals surface area (Å²) in [5.74, 6) is 2.35. The lowest BCUT2D eigenvalue weighted by Gasteiger charge is -2.42. The van der Waals surface area contributed by atoms with Gasteiger partial charge in [-0.05, 0) is 55.7 Å². The molecule has 0 radical (unpaired) electrons. The molecule has 4 rings (SSSR count). The zero-order valence-electron chi connectivity index (χ0n) is 10.8. The van der Waals surface area contributed by atoms with Crippen LogP contribution in [0.15, 0.2) is 33.7 Å². The molecule has 2 fully saturated rings. The van der Waals surface area contributed by atoms with E-state index in [9.17, 15) is 0 Å².